The molecule has 2 N–H and O–H groups in total. The van der Waals surface area contributed by atoms with Crippen molar-refractivity contribution in [2.75, 3.05) is 12.8 Å². The van der Waals surface area contributed by atoms with E-state index in [2.05, 4.69) is 9.72 Å². The second-order valence-corrected chi connectivity index (χ2v) is 3.24. The van der Waals surface area contributed by atoms with Gasteiger partial charge in [0.25, 0.3) is 6.43 Å². The van der Waals surface area contributed by atoms with Gasteiger partial charge in [0, 0.05) is 11.8 Å². The first-order valence-electron chi connectivity index (χ1n) is 4.65. The molecular formula is C9H9F2N3O4. The maximum Gasteiger partial charge on any atom is 0.315 e. The summed E-state index contributed by atoms with van der Waals surface area (Å²) in [5, 5.41) is 10.8. The molecule has 0 saturated carbocycles. The molecule has 0 amide bonds. The van der Waals surface area contributed by atoms with E-state index in [1.54, 1.807) is 0 Å². The normalized spacial score (nSPS) is 10.4. The molecule has 0 saturated heterocycles. The summed E-state index contributed by atoms with van der Waals surface area (Å²) in [7, 11) is 1.04. The maximum absolute atomic E-state index is 12.7. The number of nitrogens with zero attached hydrogens (tertiary/aromatic N) is 2. The first-order valence-corrected chi connectivity index (χ1v) is 4.65. The molecule has 0 spiro atoms. The lowest BCUT2D eigenvalue weighted by Crippen LogP contribution is -2.12. The highest BCUT2D eigenvalue weighted by molar-refractivity contribution is 5.76. The van der Waals surface area contributed by atoms with E-state index in [9.17, 15) is 23.7 Å². The van der Waals surface area contributed by atoms with Crippen LogP contribution in [0.5, 0.6) is 0 Å². The summed E-state index contributed by atoms with van der Waals surface area (Å²) in [6, 6.07) is 0. The van der Waals surface area contributed by atoms with Gasteiger partial charge in [0.15, 0.2) is 0 Å². The number of hydrogen-bond donors (Lipinski definition) is 1. The third-order valence-corrected chi connectivity index (χ3v) is 2.19. The van der Waals surface area contributed by atoms with Crippen LogP contribution in [0.25, 0.3) is 0 Å². The zero-order valence-electron chi connectivity index (χ0n) is 9.22. The van der Waals surface area contributed by atoms with E-state index >= 15 is 0 Å². The van der Waals surface area contributed by atoms with Gasteiger partial charge in [-0.1, -0.05) is 0 Å². The standard InChI is InChI=1S/C9H9F2N3O4/c1-18-6(15)2-4-5(8(10)11)3-13-9(12)7(4)14(16)17/h3,8H,2H2,1H3,(H2,12,13). The topological polar surface area (TPSA) is 108 Å². The summed E-state index contributed by atoms with van der Waals surface area (Å²) >= 11 is 0. The van der Waals surface area contributed by atoms with E-state index in [0.717, 1.165) is 7.11 Å². The molecule has 98 valence electrons. The van der Waals surface area contributed by atoms with Gasteiger partial charge in [0.05, 0.1) is 24.0 Å². The number of nitrogen functional groups attached to an aromatic ring is 1. The number of esters is 1. The monoisotopic (exact) mass is 261 g/mol. The number of halogens is 2. The first kappa shape index (κ1) is 13.7. The number of carbonyl (C=O) groups excluding carboxylic acids is 1. The minimum absolute atomic E-state index is 0.477. The Morgan fingerprint density at radius 3 is 2.72 bits per heavy atom. The largest absolute Gasteiger partial charge is 0.469 e. The van der Waals surface area contributed by atoms with Crippen LogP contribution in [0.1, 0.15) is 17.6 Å². The van der Waals surface area contributed by atoms with Gasteiger partial charge >= 0.3 is 11.7 Å². The molecule has 0 aliphatic rings. The number of methoxy groups -OCH3 is 1. The summed E-state index contributed by atoms with van der Waals surface area (Å²) in [6.45, 7) is 0. The Hall–Kier alpha value is -2.32. The van der Waals surface area contributed by atoms with Gasteiger partial charge < -0.3 is 10.5 Å². The second kappa shape index (κ2) is 5.34. The van der Waals surface area contributed by atoms with Crippen molar-refractivity contribution in [3.63, 3.8) is 0 Å². The van der Waals surface area contributed by atoms with Crippen LogP contribution < -0.4 is 5.73 Å². The molecule has 0 fully saturated rings. The second-order valence-electron chi connectivity index (χ2n) is 3.24. The summed E-state index contributed by atoms with van der Waals surface area (Å²) in [4.78, 5) is 24.2. The molecule has 1 rings (SSSR count). The quantitative estimate of drug-likeness (QED) is 0.496. The highest BCUT2D eigenvalue weighted by Crippen LogP contribution is 2.33. The van der Waals surface area contributed by atoms with Crippen LogP contribution in [0.4, 0.5) is 20.3 Å². The Morgan fingerprint density at radius 1 is 1.67 bits per heavy atom. The fourth-order valence-corrected chi connectivity index (χ4v) is 1.36. The Kier molecular flexibility index (Phi) is 4.08. The molecule has 0 aromatic carbocycles. The van der Waals surface area contributed by atoms with Gasteiger partial charge in [-0.2, -0.15) is 0 Å². The van der Waals surface area contributed by atoms with Crippen LogP contribution in [0.15, 0.2) is 6.20 Å². The Morgan fingerprint density at radius 2 is 2.28 bits per heavy atom. The van der Waals surface area contributed by atoms with Crippen molar-refractivity contribution in [2.45, 2.75) is 12.8 Å². The summed E-state index contributed by atoms with van der Waals surface area (Å²) in [5.74, 6) is -1.41. The summed E-state index contributed by atoms with van der Waals surface area (Å²) < 4.78 is 29.7. The molecule has 0 radical (unpaired) electrons. The minimum atomic E-state index is -3.00. The molecule has 0 atom stereocenters. The fraction of sp³-hybridized carbons (Fsp3) is 0.333. The van der Waals surface area contributed by atoms with Crippen LogP contribution in [-0.2, 0) is 16.0 Å². The van der Waals surface area contributed by atoms with Gasteiger partial charge in [-0.05, 0) is 0 Å². The molecule has 0 aliphatic carbocycles. The zero-order valence-corrected chi connectivity index (χ0v) is 9.22. The lowest BCUT2D eigenvalue weighted by Gasteiger charge is -2.09. The van der Waals surface area contributed by atoms with E-state index in [4.69, 9.17) is 5.73 Å². The van der Waals surface area contributed by atoms with Crippen molar-refractivity contribution < 1.29 is 23.2 Å². The Labute approximate surface area is 99.7 Å². The van der Waals surface area contributed by atoms with Crippen LogP contribution >= 0.6 is 0 Å². The van der Waals surface area contributed by atoms with Crippen LogP contribution in [0.2, 0.25) is 0 Å². The van der Waals surface area contributed by atoms with Crippen molar-refractivity contribution in [1.29, 1.82) is 0 Å². The lowest BCUT2D eigenvalue weighted by molar-refractivity contribution is -0.384. The average molecular weight is 261 g/mol. The number of nitrogens with two attached hydrogens (primary N) is 1. The third kappa shape index (κ3) is 2.67. The first-order chi connectivity index (χ1) is 8.38. The van der Waals surface area contributed by atoms with Gasteiger partial charge in [-0.3, -0.25) is 14.9 Å². The average Bonchev–Trinajstić information content (AvgIpc) is 2.27. The number of hydrogen-bond acceptors (Lipinski definition) is 6. The number of carbonyl (C=O) groups is 1. The van der Waals surface area contributed by atoms with Crippen molar-refractivity contribution in [2.24, 2.45) is 0 Å². The number of pyridine rings is 1. The van der Waals surface area contributed by atoms with E-state index in [1.807, 2.05) is 0 Å². The number of anilines is 1. The number of alkyl halides is 2. The SMILES string of the molecule is COC(=O)Cc1c(C(F)F)cnc(N)c1[N+](=O)[O-]. The smallest absolute Gasteiger partial charge is 0.315 e. The van der Waals surface area contributed by atoms with Crippen LogP contribution in [-0.4, -0.2) is 23.0 Å². The maximum atomic E-state index is 12.7. The molecule has 1 aromatic rings. The van der Waals surface area contributed by atoms with Gasteiger partial charge in [0.2, 0.25) is 5.82 Å². The minimum Gasteiger partial charge on any atom is -0.469 e. The van der Waals surface area contributed by atoms with E-state index < -0.39 is 46.4 Å². The summed E-state index contributed by atoms with van der Waals surface area (Å²) in [5.41, 5.74) is 3.28. The van der Waals surface area contributed by atoms with Crippen molar-refractivity contribution >= 4 is 17.5 Å². The van der Waals surface area contributed by atoms with Crippen LogP contribution in [0, 0.1) is 10.1 Å². The van der Waals surface area contributed by atoms with E-state index in [-0.39, 0.29) is 0 Å². The van der Waals surface area contributed by atoms with Gasteiger partial charge in [-0.15, -0.1) is 0 Å². The fourth-order valence-electron chi connectivity index (χ4n) is 1.36. The Bertz CT molecular complexity index is 493. The Balaban J connectivity index is 3.43. The lowest BCUT2D eigenvalue weighted by atomic mass is 10.0. The van der Waals surface area contributed by atoms with E-state index in [1.165, 1.54) is 0 Å². The summed E-state index contributed by atoms with van der Waals surface area (Å²) in [6.07, 6.45) is -2.96. The van der Waals surface area contributed by atoms with Crippen molar-refractivity contribution in [3.05, 3.63) is 27.4 Å². The highest BCUT2D eigenvalue weighted by atomic mass is 19.3. The van der Waals surface area contributed by atoms with Crippen LogP contribution in [0.3, 0.4) is 0 Å². The molecule has 0 unspecified atom stereocenters. The third-order valence-electron chi connectivity index (χ3n) is 2.19. The molecule has 1 aromatic heterocycles. The number of nitro groups is 1. The van der Waals surface area contributed by atoms with Crippen molar-refractivity contribution in [1.82, 2.24) is 4.98 Å². The predicted octanol–water partition coefficient (Wildman–Crippen LogP) is 1.23. The van der Waals surface area contributed by atoms with Gasteiger partial charge in [0.1, 0.15) is 0 Å². The molecule has 18 heavy (non-hydrogen) atoms. The molecular weight excluding hydrogens is 252 g/mol. The molecule has 7 nitrogen and oxygen atoms in total. The predicted molar refractivity (Wildman–Crippen MR) is 56.0 cm³/mol. The molecule has 9 heteroatoms. The van der Waals surface area contributed by atoms with Gasteiger partial charge in [-0.25, -0.2) is 13.8 Å². The zero-order chi connectivity index (χ0) is 13.9. The van der Waals surface area contributed by atoms with E-state index in [0.29, 0.717) is 6.20 Å². The highest BCUT2D eigenvalue weighted by Gasteiger charge is 2.28. The molecule has 0 aliphatic heterocycles. The van der Waals surface area contributed by atoms with Crippen molar-refractivity contribution in [3.8, 4) is 0 Å². The molecule has 0 bridgehead atoms. The number of aromatic nitrogens is 1. The molecule has 1 heterocycles. The number of ether oxygens (including phenoxy) is 1. The number of rotatable bonds is 4.